The molecule has 2 rings (SSSR count). The van der Waals surface area contributed by atoms with Gasteiger partial charge < -0.3 is 9.47 Å². The highest BCUT2D eigenvalue weighted by molar-refractivity contribution is 6.18. The van der Waals surface area contributed by atoms with Gasteiger partial charge in [-0.1, -0.05) is 0 Å². The molecule has 3 heteroatoms. The van der Waals surface area contributed by atoms with Crippen molar-refractivity contribution in [2.75, 3.05) is 12.7 Å². The van der Waals surface area contributed by atoms with Crippen LogP contribution in [0.25, 0.3) is 0 Å². The lowest BCUT2D eigenvalue weighted by atomic mass is 9.87. The third-order valence-corrected chi connectivity index (χ3v) is 3.06. The Bertz CT molecular complexity index is 140. The maximum Gasteiger partial charge on any atom is 0.147 e. The zero-order valence-corrected chi connectivity index (χ0v) is 7.22. The van der Waals surface area contributed by atoms with E-state index in [0.29, 0.717) is 24.9 Å². The Morgan fingerprint density at radius 2 is 2.00 bits per heavy atom. The quantitative estimate of drug-likeness (QED) is 0.567. The average Bonchev–Trinajstić information content (AvgIpc) is 2.50. The molecule has 0 aromatic carbocycles. The normalized spacial score (nSPS) is 43.9. The van der Waals surface area contributed by atoms with Gasteiger partial charge in [-0.15, -0.1) is 11.6 Å². The number of halogens is 1. The van der Waals surface area contributed by atoms with Gasteiger partial charge in [0.1, 0.15) is 6.79 Å². The zero-order valence-electron chi connectivity index (χ0n) is 6.46. The molecule has 1 saturated carbocycles. The van der Waals surface area contributed by atoms with E-state index < -0.39 is 0 Å². The fourth-order valence-electron chi connectivity index (χ4n) is 1.90. The summed E-state index contributed by atoms with van der Waals surface area (Å²) in [6, 6.07) is 0. The molecule has 0 spiro atoms. The molecule has 2 aliphatic rings. The van der Waals surface area contributed by atoms with E-state index in [0.717, 1.165) is 18.7 Å². The number of alkyl halides is 1. The van der Waals surface area contributed by atoms with Gasteiger partial charge in [-0.3, -0.25) is 0 Å². The third kappa shape index (κ3) is 1.53. The number of fused-ring (bicyclic) bond motifs is 1. The fourth-order valence-corrected chi connectivity index (χ4v) is 2.18. The summed E-state index contributed by atoms with van der Waals surface area (Å²) in [5, 5.41) is 0. The molecule has 0 N–H and O–H groups in total. The summed E-state index contributed by atoms with van der Waals surface area (Å²) < 4.78 is 10.8. The van der Waals surface area contributed by atoms with Gasteiger partial charge in [0.2, 0.25) is 0 Å². The summed E-state index contributed by atoms with van der Waals surface area (Å²) in [6.45, 7) is 0.490. The highest BCUT2D eigenvalue weighted by Crippen LogP contribution is 2.32. The van der Waals surface area contributed by atoms with Crippen LogP contribution in [-0.2, 0) is 9.47 Å². The standard InChI is InChI=1S/C8H13ClO2/c9-4-6-1-2-7-8(3-6)11-5-10-7/h6-8H,1-5H2. The van der Waals surface area contributed by atoms with Crippen LogP contribution in [0.5, 0.6) is 0 Å². The first-order valence-corrected chi connectivity index (χ1v) is 4.73. The molecular weight excluding hydrogens is 164 g/mol. The molecule has 0 radical (unpaired) electrons. The average molecular weight is 177 g/mol. The second kappa shape index (κ2) is 3.30. The second-order valence-corrected chi connectivity index (χ2v) is 3.67. The van der Waals surface area contributed by atoms with Crippen molar-refractivity contribution in [1.29, 1.82) is 0 Å². The van der Waals surface area contributed by atoms with E-state index in [4.69, 9.17) is 21.1 Å². The Labute approximate surface area is 71.8 Å². The molecule has 1 saturated heterocycles. The van der Waals surface area contributed by atoms with Gasteiger partial charge in [0.05, 0.1) is 12.2 Å². The summed E-state index contributed by atoms with van der Waals surface area (Å²) in [4.78, 5) is 0. The molecule has 0 amide bonds. The second-order valence-electron chi connectivity index (χ2n) is 3.36. The van der Waals surface area contributed by atoms with E-state index in [2.05, 4.69) is 0 Å². The van der Waals surface area contributed by atoms with E-state index in [1.807, 2.05) is 0 Å². The fraction of sp³-hybridized carbons (Fsp3) is 1.00. The molecule has 11 heavy (non-hydrogen) atoms. The van der Waals surface area contributed by atoms with Crippen LogP contribution in [0, 0.1) is 5.92 Å². The van der Waals surface area contributed by atoms with Crippen molar-refractivity contribution in [3.8, 4) is 0 Å². The lowest BCUT2D eigenvalue weighted by Gasteiger charge is -2.27. The third-order valence-electron chi connectivity index (χ3n) is 2.62. The Balaban J connectivity index is 1.91. The van der Waals surface area contributed by atoms with Crippen molar-refractivity contribution in [1.82, 2.24) is 0 Å². The first-order chi connectivity index (χ1) is 5.40. The molecule has 1 aliphatic carbocycles. The first-order valence-electron chi connectivity index (χ1n) is 4.19. The molecule has 64 valence electrons. The lowest BCUT2D eigenvalue weighted by molar-refractivity contribution is 0.0390. The zero-order chi connectivity index (χ0) is 7.68. The molecule has 2 fully saturated rings. The van der Waals surface area contributed by atoms with Crippen molar-refractivity contribution in [3.63, 3.8) is 0 Å². The van der Waals surface area contributed by atoms with Crippen molar-refractivity contribution >= 4 is 11.6 Å². The Morgan fingerprint density at radius 3 is 2.82 bits per heavy atom. The summed E-state index contributed by atoms with van der Waals surface area (Å²) >= 11 is 5.77. The summed E-state index contributed by atoms with van der Waals surface area (Å²) in [7, 11) is 0. The molecule has 0 bridgehead atoms. The maximum atomic E-state index is 5.77. The molecule has 2 nitrogen and oxygen atoms in total. The van der Waals surface area contributed by atoms with Crippen molar-refractivity contribution < 1.29 is 9.47 Å². The molecule has 0 aromatic heterocycles. The summed E-state index contributed by atoms with van der Waals surface area (Å²) in [5.41, 5.74) is 0. The van der Waals surface area contributed by atoms with Crippen LogP contribution in [0.2, 0.25) is 0 Å². The number of rotatable bonds is 1. The smallest absolute Gasteiger partial charge is 0.147 e. The van der Waals surface area contributed by atoms with Crippen molar-refractivity contribution in [2.45, 2.75) is 31.5 Å². The lowest BCUT2D eigenvalue weighted by Crippen LogP contribution is -2.31. The molecule has 1 aliphatic heterocycles. The van der Waals surface area contributed by atoms with Gasteiger partial charge in [0.25, 0.3) is 0 Å². The predicted octanol–water partition coefficient (Wildman–Crippen LogP) is 1.77. The Morgan fingerprint density at radius 1 is 1.18 bits per heavy atom. The number of ether oxygens (including phenoxy) is 2. The van der Waals surface area contributed by atoms with E-state index in [1.165, 1.54) is 6.42 Å². The van der Waals surface area contributed by atoms with E-state index in [-0.39, 0.29) is 0 Å². The van der Waals surface area contributed by atoms with E-state index >= 15 is 0 Å². The Hall–Kier alpha value is 0.210. The van der Waals surface area contributed by atoms with Crippen LogP contribution in [-0.4, -0.2) is 24.9 Å². The van der Waals surface area contributed by atoms with Gasteiger partial charge in [0, 0.05) is 5.88 Å². The molecule has 0 aromatic rings. The van der Waals surface area contributed by atoms with E-state index in [9.17, 15) is 0 Å². The molecule has 3 unspecified atom stereocenters. The van der Waals surface area contributed by atoms with Gasteiger partial charge in [-0.25, -0.2) is 0 Å². The van der Waals surface area contributed by atoms with Crippen LogP contribution in [0.4, 0.5) is 0 Å². The minimum atomic E-state index is 0.340. The van der Waals surface area contributed by atoms with Crippen LogP contribution in [0.15, 0.2) is 0 Å². The summed E-state index contributed by atoms with van der Waals surface area (Å²) in [6.07, 6.45) is 4.13. The van der Waals surface area contributed by atoms with Crippen molar-refractivity contribution in [3.05, 3.63) is 0 Å². The maximum absolute atomic E-state index is 5.77. The SMILES string of the molecule is ClCC1CCC2OCOC2C1. The predicted molar refractivity (Wildman–Crippen MR) is 42.7 cm³/mol. The Kier molecular flexibility index (Phi) is 2.35. The largest absolute Gasteiger partial charge is 0.349 e. The minimum absolute atomic E-state index is 0.340. The molecule has 3 atom stereocenters. The van der Waals surface area contributed by atoms with Crippen LogP contribution in [0.3, 0.4) is 0 Å². The van der Waals surface area contributed by atoms with Gasteiger partial charge in [-0.05, 0) is 25.2 Å². The minimum Gasteiger partial charge on any atom is -0.349 e. The molecular formula is C8H13ClO2. The van der Waals surface area contributed by atoms with Crippen LogP contribution >= 0.6 is 11.6 Å². The highest BCUT2D eigenvalue weighted by atomic mass is 35.5. The van der Waals surface area contributed by atoms with Gasteiger partial charge >= 0.3 is 0 Å². The number of hydrogen-bond donors (Lipinski definition) is 0. The molecule has 1 heterocycles. The monoisotopic (exact) mass is 176 g/mol. The van der Waals surface area contributed by atoms with Crippen LogP contribution in [0.1, 0.15) is 19.3 Å². The highest BCUT2D eigenvalue weighted by Gasteiger charge is 2.35. The number of hydrogen-bond acceptors (Lipinski definition) is 2. The van der Waals surface area contributed by atoms with E-state index in [1.54, 1.807) is 0 Å². The topological polar surface area (TPSA) is 18.5 Å². The van der Waals surface area contributed by atoms with Crippen LogP contribution < -0.4 is 0 Å². The van der Waals surface area contributed by atoms with Gasteiger partial charge in [0.15, 0.2) is 0 Å². The first kappa shape index (κ1) is 7.84. The van der Waals surface area contributed by atoms with Crippen molar-refractivity contribution in [2.24, 2.45) is 5.92 Å². The summed E-state index contributed by atoms with van der Waals surface area (Å²) in [5.74, 6) is 1.42. The van der Waals surface area contributed by atoms with Gasteiger partial charge in [-0.2, -0.15) is 0 Å².